The zero-order chi connectivity index (χ0) is 20.6. The number of rotatable bonds is 6. The lowest BCUT2D eigenvalue weighted by molar-refractivity contribution is -0.111. The quantitative estimate of drug-likeness (QED) is 0.444. The summed E-state index contributed by atoms with van der Waals surface area (Å²) in [4.78, 5) is 25.3. The Morgan fingerprint density at radius 3 is 2.52 bits per heavy atom. The Kier molecular flexibility index (Phi) is 4.75. The number of nitrogens with zero attached hydrogens (tertiary/aromatic N) is 4. The minimum Gasteiger partial charge on any atom is -0.359 e. The number of aromatic nitrogens is 4. The molecule has 4 rings (SSSR count). The van der Waals surface area contributed by atoms with Crippen LogP contribution in [0.5, 0.6) is 0 Å². The normalized spacial score (nSPS) is 11.6. The second-order valence-electron chi connectivity index (χ2n) is 7.26. The highest BCUT2D eigenvalue weighted by molar-refractivity contribution is 7.21. The first-order valence-corrected chi connectivity index (χ1v) is 9.84. The summed E-state index contributed by atoms with van der Waals surface area (Å²) in [7, 11) is 0. The number of fused-ring (bicyclic) bond motifs is 1. The standard InChI is InChI=1S/C20H20N6O2S/c1-11-15(12(2)28-26-11)24-19-25-16-17(21-10-22-18(16)29-19)23-14-7-5-13(6-8-14)20(3,4)9-27/h5-10H,1-4H3,(H,24,25)(H,21,22,23). The average Bonchev–Trinajstić information content (AvgIpc) is 3.27. The molecule has 4 aromatic rings. The summed E-state index contributed by atoms with van der Waals surface area (Å²) in [6, 6.07) is 7.70. The van der Waals surface area contributed by atoms with Gasteiger partial charge in [-0.15, -0.1) is 0 Å². The fourth-order valence-corrected chi connectivity index (χ4v) is 3.67. The smallest absolute Gasteiger partial charge is 0.190 e. The van der Waals surface area contributed by atoms with Crippen LogP contribution in [0.1, 0.15) is 30.9 Å². The van der Waals surface area contributed by atoms with Gasteiger partial charge in [-0.25, -0.2) is 15.0 Å². The number of hydrogen-bond donors (Lipinski definition) is 2. The molecule has 0 radical (unpaired) electrons. The molecule has 0 unspecified atom stereocenters. The van der Waals surface area contributed by atoms with E-state index in [0.29, 0.717) is 22.2 Å². The molecule has 0 aliphatic carbocycles. The van der Waals surface area contributed by atoms with Crippen LogP contribution in [-0.2, 0) is 10.2 Å². The summed E-state index contributed by atoms with van der Waals surface area (Å²) < 4.78 is 5.19. The molecule has 2 N–H and O–H groups in total. The van der Waals surface area contributed by atoms with Crippen LogP contribution in [0.15, 0.2) is 35.1 Å². The number of benzene rings is 1. The maximum Gasteiger partial charge on any atom is 0.190 e. The molecule has 0 spiro atoms. The molecular weight excluding hydrogens is 388 g/mol. The molecule has 0 saturated heterocycles. The van der Waals surface area contributed by atoms with Crippen molar-refractivity contribution in [2.75, 3.05) is 10.6 Å². The molecular formula is C20H20N6O2S. The number of carbonyl (C=O) groups is 1. The van der Waals surface area contributed by atoms with Gasteiger partial charge in [0, 0.05) is 11.1 Å². The van der Waals surface area contributed by atoms with E-state index in [0.717, 1.165) is 33.7 Å². The molecule has 3 aromatic heterocycles. The Labute approximate surface area is 171 Å². The van der Waals surface area contributed by atoms with Crippen molar-refractivity contribution in [1.29, 1.82) is 0 Å². The highest BCUT2D eigenvalue weighted by Crippen LogP contribution is 2.33. The Bertz CT molecular complexity index is 1160. The zero-order valence-corrected chi connectivity index (χ0v) is 17.3. The Morgan fingerprint density at radius 1 is 1.10 bits per heavy atom. The predicted octanol–water partition coefficient (Wildman–Crippen LogP) is 4.65. The molecule has 0 bridgehead atoms. The average molecular weight is 408 g/mol. The number of nitrogens with one attached hydrogen (secondary N) is 2. The van der Waals surface area contributed by atoms with E-state index in [4.69, 9.17) is 4.52 Å². The lowest BCUT2D eigenvalue weighted by Gasteiger charge is -2.17. The third-order valence-electron chi connectivity index (χ3n) is 4.65. The maximum atomic E-state index is 11.3. The number of anilines is 4. The van der Waals surface area contributed by atoms with E-state index in [1.54, 1.807) is 0 Å². The number of aryl methyl sites for hydroxylation is 2. The van der Waals surface area contributed by atoms with Crippen molar-refractivity contribution in [3.63, 3.8) is 0 Å². The summed E-state index contributed by atoms with van der Waals surface area (Å²) in [5.74, 6) is 1.31. The van der Waals surface area contributed by atoms with Crippen molar-refractivity contribution < 1.29 is 9.32 Å². The van der Waals surface area contributed by atoms with Crippen molar-refractivity contribution in [3.8, 4) is 0 Å². The van der Waals surface area contributed by atoms with Crippen LogP contribution in [0.2, 0.25) is 0 Å². The van der Waals surface area contributed by atoms with E-state index >= 15 is 0 Å². The van der Waals surface area contributed by atoms with Gasteiger partial charge in [0.15, 0.2) is 21.5 Å². The first-order chi connectivity index (χ1) is 13.9. The largest absolute Gasteiger partial charge is 0.359 e. The molecule has 0 aliphatic heterocycles. The van der Waals surface area contributed by atoms with Gasteiger partial charge in [-0.3, -0.25) is 0 Å². The molecule has 3 heterocycles. The van der Waals surface area contributed by atoms with E-state index in [2.05, 4.69) is 30.7 Å². The fraction of sp³-hybridized carbons (Fsp3) is 0.250. The highest BCUT2D eigenvalue weighted by Gasteiger charge is 2.19. The topological polar surface area (TPSA) is 106 Å². The van der Waals surface area contributed by atoms with Crippen molar-refractivity contribution in [3.05, 3.63) is 47.6 Å². The van der Waals surface area contributed by atoms with Gasteiger partial charge in [-0.2, -0.15) is 0 Å². The van der Waals surface area contributed by atoms with Crippen LogP contribution >= 0.6 is 11.3 Å². The summed E-state index contributed by atoms with van der Waals surface area (Å²) in [6.45, 7) is 7.49. The van der Waals surface area contributed by atoms with Crippen molar-refractivity contribution in [1.82, 2.24) is 20.1 Å². The van der Waals surface area contributed by atoms with Crippen molar-refractivity contribution >= 4 is 50.3 Å². The van der Waals surface area contributed by atoms with Crippen LogP contribution in [0.3, 0.4) is 0 Å². The Hall–Kier alpha value is -3.33. The number of carbonyl (C=O) groups excluding carboxylic acids is 1. The molecule has 29 heavy (non-hydrogen) atoms. The van der Waals surface area contributed by atoms with Gasteiger partial charge in [-0.1, -0.05) is 28.6 Å². The Balaban J connectivity index is 1.61. The van der Waals surface area contributed by atoms with Gasteiger partial charge in [0.25, 0.3) is 0 Å². The minimum absolute atomic E-state index is 0.519. The van der Waals surface area contributed by atoms with E-state index in [-0.39, 0.29) is 0 Å². The highest BCUT2D eigenvalue weighted by atomic mass is 32.1. The van der Waals surface area contributed by atoms with Gasteiger partial charge in [-0.05, 0) is 45.4 Å². The first kappa shape index (κ1) is 19.0. The fourth-order valence-electron chi connectivity index (χ4n) is 2.86. The van der Waals surface area contributed by atoms with Gasteiger partial charge in [0.05, 0.1) is 0 Å². The van der Waals surface area contributed by atoms with Gasteiger partial charge >= 0.3 is 0 Å². The van der Waals surface area contributed by atoms with Crippen LogP contribution in [-0.4, -0.2) is 26.4 Å². The van der Waals surface area contributed by atoms with Crippen LogP contribution in [0, 0.1) is 13.8 Å². The summed E-state index contributed by atoms with van der Waals surface area (Å²) in [5.41, 5.74) is 3.52. The lowest BCUT2D eigenvalue weighted by atomic mass is 9.86. The number of hydrogen-bond acceptors (Lipinski definition) is 9. The molecule has 0 aliphatic rings. The van der Waals surface area contributed by atoms with E-state index in [1.165, 1.54) is 17.7 Å². The van der Waals surface area contributed by atoms with Crippen LogP contribution in [0.4, 0.5) is 22.3 Å². The van der Waals surface area contributed by atoms with Crippen LogP contribution < -0.4 is 10.6 Å². The molecule has 0 amide bonds. The van der Waals surface area contributed by atoms with Gasteiger partial charge in [0.1, 0.15) is 29.5 Å². The van der Waals surface area contributed by atoms with E-state index < -0.39 is 5.41 Å². The van der Waals surface area contributed by atoms with Gasteiger partial charge in [0.2, 0.25) is 0 Å². The summed E-state index contributed by atoms with van der Waals surface area (Å²) in [5, 5.41) is 11.2. The molecule has 9 heteroatoms. The zero-order valence-electron chi connectivity index (χ0n) is 16.5. The molecule has 1 aromatic carbocycles. The van der Waals surface area contributed by atoms with Crippen LogP contribution in [0.25, 0.3) is 10.3 Å². The molecule has 0 saturated carbocycles. The Morgan fingerprint density at radius 2 is 1.86 bits per heavy atom. The van der Waals surface area contributed by atoms with E-state index in [1.807, 2.05) is 52.0 Å². The SMILES string of the molecule is Cc1noc(C)c1Nc1nc2c(Nc3ccc(C(C)(C)C=O)cc3)ncnc2s1. The monoisotopic (exact) mass is 408 g/mol. The first-order valence-electron chi connectivity index (χ1n) is 9.03. The molecule has 0 atom stereocenters. The molecule has 148 valence electrons. The van der Waals surface area contributed by atoms with Crippen molar-refractivity contribution in [2.45, 2.75) is 33.1 Å². The predicted molar refractivity (Wildman–Crippen MR) is 113 cm³/mol. The molecule has 8 nitrogen and oxygen atoms in total. The van der Waals surface area contributed by atoms with Gasteiger partial charge < -0.3 is 20.0 Å². The minimum atomic E-state index is -0.519. The number of thiazole rings is 1. The number of aldehydes is 1. The second-order valence-corrected chi connectivity index (χ2v) is 8.24. The molecule has 0 fully saturated rings. The second kappa shape index (κ2) is 7.25. The summed E-state index contributed by atoms with van der Waals surface area (Å²) >= 11 is 1.42. The third kappa shape index (κ3) is 3.68. The third-order valence-corrected chi connectivity index (χ3v) is 5.53. The van der Waals surface area contributed by atoms with Crippen molar-refractivity contribution in [2.24, 2.45) is 0 Å². The van der Waals surface area contributed by atoms with E-state index in [9.17, 15) is 4.79 Å². The summed E-state index contributed by atoms with van der Waals surface area (Å²) in [6.07, 6.45) is 2.46. The lowest BCUT2D eigenvalue weighted by Crippen LogP contribution is -2.18. The maximum absolute atomic E-state index is 11.3.